The first-order chi connectivity index (χ1) is 14.0. The van der Waals surface area contributed by atoms with Crippen LogP contribution >= 0.6 is 12.0 Å². The smallest absolute Gasteiger partial charge is 0.303 e. The van der Waals surface area contributed by atoms with Gasteiger partial charge in [0, 0.05) is 68.9 Å². The van der Waals surface area contributed by atoms with Crippen LogP contribution in [-0.4, -0.2) is 60.5 Å². The number of unbranched alkanes of at least 4 members (excludes halogenated alkanes) is 2. The van der Waals surface area contributed by atoms with E-state index in [1.807, 2.05) is 43.3 Å². The molecule has 2 N–H and O–H groups in total. The van der Waals surface area contributed by atoms with Gasteiger partial charge in [-0.15, -0.1) is 4.33 Å². The lowest BCUT2D eigenvalue weighted by molar-refractivity contribution is -0.432. The Bertz CT molecular complexity index is 636. The molecule has 0 saturated carbocycles. The molecule has 0 spiro atoms. The number of carbonyl (C=O) groups is 2. The Morgan fingerprint density at radius 2 is 1.79 bits per heavy atom. The zero-order chi connectivity index (χ0) is 21.5. The number of hydrogen-bond donors (Lipinski definition) is 2. The van der Waals surface area contributed by atoms with Crippen molar-refractivity contribution in [3.8, 4) is 0 Å². The highest BCUT2D eigenvalue weighted by atomic mass is 32.2. The third kappa shape index (κ3) is 10.9. The second kappa shape index (κ2) is 14.9. The van der Waals surface area contributed by atoms with Gasteiger partial charge in [-0.2, -0.15) is 0 Å². The van der Waals surface area contributed by atoms with E-state index in [-0.39, 0.29) is 6.42 Å². The highest BCUT2D eigenvalue weighted by Crippen LogP contribution is 2.21. The van der Waals surface area contributed by atoms with Crippen LogP contribution in [0.1, 0.15) is 37.7 Å². The highest BCUT2D eigenvalue weighted by Gasteiger charge is 2.09. The van der Waals surface area contributed by atoms with Crippen LogP contribution < -0.4 is 4.90 Å². The van der Waals surface area contributed by atoms with Crippen LogP contribution in [0.3, 0.4) is 0 Å². The second-order valence-electron chi connectivity index (χ2n) is 6.72. The molecule has 9 heteroatoms. The van der Waals surface area contributed by atoms with Gasteiger partial charge in [0.15, 0.2) is 6.29 Å². The number of nitrogens with zero attached hydrogens (tertiary/aromatic N) is 2. The maximum absolute atomic E-state index is 11.3. The van der Waals surface area contributed by atoms with E-state index < -0.39 is 5.97 Å². The summed E-state index contributed by atoms with van der Waals surface area (Å²) < 4.78 is 4.40. The zero-order valence-corrected chi connectivity index (χ0v) is 17.8. The maximum Gasteiger partial charge on any atom is 0.303 e. The topological polar surface area (TPSA) is 99.5 Å². The average molecular weight is 427 g/mol. The molecular weight excluding hydrogens is 396 g/mol. The van der Waals surface area contributed by atoms with Crippen molar-refractivity contribution in [3.05, 3.63) is 36.0 Å². The minimum absolute atomic E-state index is 0.191. The average Bonchev–Trinajstić information content (AvgIpc) is 2.70. The van der Waals surface area contributed by atoms with E-state index in [2.05, 4.69) is 14.3 Å². The molecule has 0 radical (unpaired) electrons. The van der Waals surface area contributed by atoms with Crippen molar-refractivity contribution in [2.75, 3.05) is 37.8 Å². The van der Waals surface area contributed by atoms with E-state index in [9.17, 15) is 9.59 Å². The summed E-state index contributed by atoms with van der Waals surface area (Å²) in [5.41, 5.74) is 2.49. The molecule has 29 heavy (non-hydrogen) atoms. The Hall–Kier alpha value is -2.07. The van der Waals surface area contributed by atoms with Crippen LogP contribution in [0.5, 0.6) is 0 Å². The molecule has 1 aromatic rings. The molecule has 162 valence electrons. The fraction of sp³-hybridized carbons (Fsp3) is 0.500. The molecule has 0 aromatic heterocycles. The van der Waals surface area contributed by atoms with Crippen LogP contribution in [-0.2, 0) is 19.0 Å². The zero-order valence-electron chi connectivity index (χ0n) is 17.0. The molecule has 0 bridgehead atoms. The van der Waals surface area contributed by atoms with E-state index in [0.717, 1.165) is 61.9 Å². The second-order valence-corrected chi connectivity index (χ2v) is 7.50. The van der Waals surface area contributed by atoms with E-state index in [1.165, 1.54) is 0 Å². The molecule has 0 aliphatic heterocycles. The quantitative estimate of drug-likeness (QED) is 0.102. The monoisotopic (exact) mass is 426 g/mol. The van der Waals surface area contributed by atoms with Crippen molar-refractivity contribution in [2.24, 2.45) is 0 Å². The van der Waals surface area contributed by atoms with Gasteiger partial charge < -0.3 is 14.9 Å². The highest BCUT2D eigenvalue weighted by molar-refractivity contribution is 7.94. The van der Waals surface area contributed by atoms with Crippen LogP contribution in [0.15, 0.2) is 30.5 Å². The SMILES string of the molecule is CN(C)C=C(C=O)c1ccc(N(CCCCCC(=O)O)CCCSOOO)cc1. The fourth-order valence-electron chi connectivity index (χ4n) is 2.81. The number of carboxylic acids is 1. The van der Waals surface area contributed by atoms with Gasteiger partial charge in [-0.25, -0.2) is 5.26 Å². The Morgan fingerprint density at radius 3 is 2.38 bits per heavy atom. The summed E-state index contributed by atoms with van der Waals surface area (Å²) in [4.78, 5) is 26.0. The Labute approximate surface area is 176 Å². The largest absolute Gasteiger partial charge is 0.481 e. The molecule has 0 amide bonds. The Balaban J connectivity index is 2.73. The van der Waals surface area contributed by atoms with Crippen LogP contribution in [0, 0.1) is 0 Å². The summed E-state index contributed by atoms with van der Waals surface area (Å²) in [6.45, 7) is 1.57. The van der Waals surface area contributed by atoms with Gasteiger partial charge in [0.05, 0.1) is 0 Å². The number of aldehydes is 1. The van der Waals surface area contributed by atoms with Crippen molar-refractivity contribution < 1.29 is 29.3 Å². The van der Waals surface area contributed by atoms with Gasteiger partial charge in [-0.05, 0) is 37.0 Å². The van der Waals surface area contributed by atoms with Gasteiger partial charge in [-0.1, -0.05) is 23.6 Å². The molecule has 1 rings (SSSR count). The predicted octanol–water partition coefficient (Wildman–Crippen LogP) is 3.70. The first-order valence-corrected chi connectivity index (χ1v) is 10.4. The minimum atomic E-state index is -0.766. The van der Waals surface area contributed by atoms with Gasteiger partial charge in [0.2, 0.25) is 0 Å². The van der Waals surface area contributed by atoms with Crippen LogP contribution in [0.4, 0.5) is 5.69 Å². The van der Waals surface area contributed by atoms with E-state index in [0.29, 0.717) is 17.7 Å². The first-order valence-electron chi connectivity index (χ1n) is 9.48. The molecular formula is C20H30N2O6S. The molecule has 0 heterocycles. The number of allylic oxidation sites excluding steroid dienone is 1. The van der Waals surface area contributed by atoms with Crippen molar-refractivity contribution in [2.45, 2.75) is 32.1 Å². The number of aliphatic carboxylic acids is 1. The van der Waals surface area contributed by atoms with Crippen LogP contribution in [0.25, 0.3) is 5.57 Å². The number of hydrogen-bond acceptors (Lipinski definition) is 8. The minimum Gasteiger partial charge on any atom is -0.481 e. The van der Waals surface area contributed by atoms with E-state index in [1.54, 1.807) is 6.20 Å². The summed E-state index contributed by atoms with van der Waals surface area (Å²) in [6, 6.07) is 7.82. The standard InChI is InChI=1S/C20H30N2O6S/c1-21(2)15-18(16-23)17-8-10-19(11-9-17)22(13-6-14-29-28-27-26)12-5-3-4-7-20(24)25/h8-11,15-16,26H,3-7,12-14H2,1-2H3,(H,24,25). The first kappa shape index (κ1) is 25.0. The molecule has 8 nitrogen and oxygen atoms in total. The van der Waals surface area contributed by atoms with Crippen molar-refractivity contribution in [1.29, 1.82) is 0 Å². The van der Waals surface area contributed by atoms with Gasteiger partial charge >= 0.3 is 5.97 Å². The molecule has 0 atom stereocenters. The predicted molar refractivity (Wildman–Crippen MR) is 114 cm³/mol. The maximum atomic E-state index is 11.3. The molecule has 0 saturated heterocycles. The summed E-state index contributed by atoms with van der Waals surface area (Å²) in [5, 5.41) is 20.5. The third-order valence-electron chi connectivity index (χ3n) is 4.14. The molecule has 0 aliphatic rings. The summed E-state index contributed by atoms with van der Waals surface area (Å²) in [6.07, 6.45) is 6.02. The summed E-state index contributed by atoms with van der Waals surface area (Å²) in [5.74, 6) is -0.119. The fourth-order valence-corrected chi connectivity index (χ4v) is 3.17. The van der Waals surface area contributed by atoms with Crippen molar-refractivity contribution in [3.63, 3.8) is 0 Å². The van der Waals surface area contributed by atoms with Crippen LogP contribution in [0.2, 0.25) is 0 Å². The Kier molecular flexibility index (Phi) is 12.8. The summed E-state index contributed by atoms with van der Waals surface area (Å²) >= 11 is 1.03. The molecule has 1 aromatic carbocycles. The number of carboxylic acid groups (broad SMARTS) is 1. The lowest BCUT2D eigenvalue weighted by atomic mass is 10.1. The van der Waals surface area contributed by atoms with Crippen molar-refractivity contribution in [1.82, 2.24) is 4.90 Å². The molecule has 0 aliphatic carbocycles. The Morgan fingerprint density at radius 1 is 1.10 bits per heavy atom. The lowest BCUT2D eigenvalue weighted by Gasteiger charge is -2.25. The molecule has 0 fully saturated rings. The normalized spacial score (nSPS) is 11.3. The number of benzene rings is 1. The summed E-state index contributed by atoms with van der Waals surface area (Å²) in [7, 11) is 3.74. The van der Waals surface area contributed by atoms with Crippen molar-refractivity contribution >= 4 is 35.6 Å². The van der Waals surface area contributed by atoms with E-state index in [4.69, 9.17) is 10.4 Å². The van der Waals surface area contributed by atoms with E-state index >= 15 is 0 Å². The lowest BCUT2D eigenvalue weighted by Crippen LogP contribution is -2.26. The van der Waals surface area contributed by atoms with Gasteiger partial charge in [0.1, 0.15) is 0 Å². The molecule has 0 unspecified atom stereocenters. The van der Waals surface area contributed by atoms with Gasteiger partial charge in [-0.3, -0.25) is 9.59 Å². The number of rotatable bonds is 16. The van der Waals surface area contributed by atoms with Gasteiger partial charge in [0.25, 0.3) is 0 Å². The third-order valence-corrected chi connectivity index (χ3v) is 4.76. The number of carbonyl (C=O) groups excluding carboxylic acids is 1. The number of anilines is 1.